The molecular formula is C27H25N5OS3. The number of hydrogen-bond acceptors (Lipinski definition) is 8. The van der Waals surface area contributed by atoms with Crippen LogP contribution in [-0.2, 0) is 4.74 Å². The van der Waals surface area contributed by atoms with Gasteiger partial charge in [0, 0.05) is 18.0 Å². The number of benzene rings is 2. The van der Waals surface area contributed by atoms with E-state index in [1.165, 1.54) is 13.3 Å². The Morgan fingerprint density at radius 3 is 2.17 bits per heavy atom. The van der Waals surface area contributed by atoms with E-state index in [1.807, 2.05) is 39.9 Å². The fourth-order valence-corrected chi connectivity index (χ4v) is 7.88. The molecule has 6 nitrogen and oxygen atoms in total. The van der Waals surface area contributed by atoms with Crippen LogP contribution in [-0.4, -0.2) is 51.4 Å². The maximum Gasteiger partial charge on any atom is 0.174 e. The largest absolute Gasteiger partial charge is 0.379 e. The number of thiophene rings is 2. The molecule has 1 aliphatic heterocycles. The molecule has 5 aromatic rings. The fourth-order valence-electron chi connectivity index (χ4n) is 4.57. The molecule has 0 N–H and O–H groups in total. The number of aromatic nitrogens is 4. The topological polar surface area (TPSA) is 56.1 Å². The van der Waals surface area contributed by atoms with Crippen molar-refractivity contribution >= 4 is 34.4 Å². The minimum Gasteiger partial charge on any atom is -0.379 e. The second kappa shape index (κ2) is 11.1. The van der Waals surface area contributed by atoms with E-state index in [9.17, 15) is 0 Å². The highest BCUT2D eigenvalue weighted by Gasteiger charge is 2.33. The van der Waals surface area contributed by atoms with Crippen molar-refractivity contribution in [3.05, 3.63) is 112 Å². The number of nitrogens with zero attached hydrogens (tertiary/aromatic N) is 5. The van der Waals surface area contributed by atoms with Gasteiger partial charge in [-0.25, -0.2) is 4.68 Å². The molecule has 3 aromatic heterocycles. The van der Waals surface area contributed by atoms with Crippen molar-refractivity contribution < 1.29 is 4.74 Å². The molecule has 1 unspecified atom stereocenters. The van der Waals surface area contributed by atoms with Crippen LogP contribution in [0.4, 0.5) is 0 Å². The van der Waals surface area contributed by atoms with E-state index in [2.05, 4.69) is 98.6 Å². The molecular weight excluding hydrogens is 507 g/mol. The first-order chi connectivity index (χ1) is 17.9. The van der Waals surface area contributed by atoms with E-state index in [0.29, 0.717) is 13.2 Å². The number of ether oxygens (including phenoxy) is 1. The Morgan fingerprint density at radius 1 is 0.778 bits per heavy atom. The van der Waals surface area contributed by atoms with E-state index in [0.717, 1.165) is 30.0 Å². The van der Waals surface area contributed by atoms with Gasteiger partial charge in [0.1, 0.15) is 12.1 Å². The summed E-state index contributed by atoms with van der Waals surface area (Å²) in [5.74, 6) is 0.851. The first-order valence-electron chi connectivity index (χ1n) is 11.9. The predicted octanol–water partition coefficient (Wildman–Crippen LogP) is 6.01. The quantitative estimate of drug-likeness (QED) is 0.245. The van der Waals surface area contributed by atoms with Crippen molar-refractivity contribution in [2.45, 2.75) is 20.5 Å². The van der Waals surface area contributed by atoms with E-state index in [1.54, 1.807) is 11.3 Å². The summed E-state index contributed by atoms with van der Waals surface area (Å²) in [5.41, 5.74) is 2.30. The minimum absolute atomic E-state index is 0.0542. The molecule has 36 heavy (non-hydrogen) atoms. The van der Waals surface area contributed by atoms with Crippen LogP contribution in [0.5, 0.6) is 0 Å². The highest BCUT2D eigenvalue weighted by Crippen LogP contribution is 2.41. The lowest BCUT2D eigenvalue weighted by molar-refractivity contribution is 0.0222. The molecule has 0 amide bonds. The summed E-state index contributed by atoms with van der Waals surface area (Å²) < 4.78 is 10.3. The Bertz CT molecular complexity index is 1330. The van der Waals surface area contributed by atoms with Crippen LogP contribution in [0.1, 0.15) is 33.9 Å². The van der Waals surface area contributed by atoms with Gasteiger partial charge in [0.25, 0.3) is 0 Å². The number of tetrazole rings is 1. The van der Waals surface area contributed by atoms with Gasteiger partial charge in [0.15, 0.2) is 5.82 Å². The minimum atomic E-state index is -0.124. The summed E-state index contributed by atoms with van der Waals surface area (Å²) in [4.78, 5) is 3.69. The molecule has 1 aliphatic rings. The Labute approximate surface area is 222 Å². The zero-order chi connectivity index (χ0) is 24.2. The molecule has 0 radical (unpaired) electrons. The predicted molar refractivity (Wildman–Crippen MR) is 145 cm³/mol. The maximum atomic E-state index is 5.70. The molecule has 1 atom stereocenters. The third-order valence-corrected chi connectivity index (χ3v) is 9.52. The van der Waals surface area contributed by atoms with E-state index in [-0.39, 0.29) is 12.1 Å². The van der Waals surface area contributed by atoms with Crippen LogP contribution in [0.2, 0.25) is 0 Å². The third-order valence-electron chi connectivity index (χ3n) is 6.22. The second-order valence-corrected chi connectivity index (χ2v) is 12.1. The number of rotatable bonds is 8. The first kappa shape index (κ1) is 23.6. The van der Waals surface area contributed by atoms with Gasteiger partial charge in [-0.1, -0.05) is 78.5 Å². The molecule has 0 saturated carbocycles. The summed E-state index contributed by atoms with van der Waals surface area (Å²) in [7, 11) is 0. The Balaban J connectivity index is 1.43. The molecule has 4 heterocycles. The average molecular weight is 532 g/mol. The van der Waals surface area contributed by atoms with Crippen LogP contribution in [0.25, 0.3) is 0 Å². The van der Waals surface area contributed by atoms with Crippen LogP contribution in [0.15, 0.2) is 98.7 Å². The average Bonchev–Trinajstić information content (AvgIpc) is 3.71. The van der Waals surface area contributed by atoms with Crippen molar-refractivity contribution in [1.82, 2.24) is 25.1 Å². The fraction of sp³-hybridized carbons (Fsp3) is 0.222. The van der Waals surface area contributed by atoms with E-state index in [4.69, 9.17) is 4.74 Å². The zero-order valence-corrected chi connectivity index (χ0v) is 22.0. The van der Waals surface area contributed by atoms with Gasteiger partial charge in [-0.05, 0) is 45.1 Å². The van der Waals surface area contributed by atoms with Gasteiger partial charge < -0.3 is 4.74 Å². The Morgan fingerprint density at radius 2 is 1.50 bits per heavy atom. The summed E-state index contributed by atoms with van der Waals surface area (Å²) in [6.45, 7) is 3.09. The van der Waals surface area contributed by atoms with Crippen LogP contribution >= 0.6 is 34.4 Å². The van der Waals surface area contributed by atoms with Crippen LogP contribution < -0.4 is 0 Å². The van der Waals surface area contributed by atoms with Gasteiger partial charge in [-0.3, -0.25) is 4.90 Å². The highest BCUT2D eigenvalue weighted by atomic mass is 32.2. The van der Waals surface area contributed by atoms with E-state index >= 15 is 0 Å². The maximum absolute atomic E-state index is 5.70. The second-order valence-electron chi connectivity index (χ2n) is 8.45. The van der Waals surface area contributed by atoms with Crippen molar-refractivity contribution in [1.29, 1.82) is 0 Å². The highest BCUT2D eigenvalue weighted by molar-refractivity contribution is 8.02. The molecule has 0 aliphatic carbocycles. The van der Waals surface area contributed by atoms with Crippen LogP contribution in [0.3, 0.4) is 0 Å². The summed E-state index contributed by atoms with van der Waals surface area (Å²) in [5, 5.41) is 15.6. The van der Waals surface area contributed by atoms with Crippen LogP contribution in [0, 0.1) is 0 Å². The SMILES string of the molecule is c1ccc(C(c2ccccc2)n2nnnc2C(c2ccc(Sc3cccs3)s2)N2CCOCC2)cc1. The molecule has 1 saturated heterocycles. The van der Waals surface area contributed by atoms with Crippen molar-refractivity contribution in [2.24, 2.45) is 0 Å². The van der Waals surface area contributed by atoms with E-state index < -0.39 is 0 Å². The molecule has 6 rings (SSSR count). The third kappa shape index (κ3) is 5.02. The van der Waals surface area contributed by atoms with Gasteiger partial charge >= 0.3 is 0 Å². The summed E-state index contributed by atoms with van der Waals surface area (Å²) in [6.07, 6.45) is 0. The standard InChI is InChI=1S/C27H25N5OS3/c1-3-8-20(9-4-1)25(21-10-5-2-6-11-21)32-27(28-29-30-32)26(31-15-17-33-18-16-31)22-13-14-24(35-22)36-23-12-7-19-34-23/h1-14,19,25-26H,15-18H2. The lowest BCUT2D eigenvalue weighted by Gasteiger charge is -2.34. The van der Waals surface area contributed by atoms with Crippen molar-refractivity contribution in [3.63, 3.8) is 0 Å². The molecule has 2 aromatic carbocycles. The molecule has 9 heteroatoms. The van der Waals surface area contributed by atoms with Crippen molar-refractivity contribution in [3.8, 4) is 0 Å². The normalized spacial score (nSPS) is 15.4. The summed E-state index contributed by atoms with van der Waals surface area (Å²) in [6, 6.07) is 29.5. The monoisotopic (exact) mass is 531 g/mol. The van der Waals surface area contributed by atoms with Gasteiger partial charge in [-0.15, -0.1) is 27.8 Å². The van der Waals surface area contributed by atoms with Crippen molar-refractivity contribution in [2.75, 3.05) is 26.3 Å². The van der Waals surface area contributed by atoms with Gasteiger partial charge in [0.05, 0.1) is 21.6 Å². The lowest BCUT2D eigenvalue weighted by Crippen LogP contribution is -2.40. The lowest BCUT2D eigenvalue weighted by atomic mass is 9.98. The molecule has 0 spiro atoms. The number of morpholine rings is 1. The molecule has 0 bridgehead atoms. The molecule has 182 valence electrons. The first-order valence-corrected chi connectivity index (χ1v) is 14.4. The van der Waals surface area contributed by atoms with Gasteiger partial charge in [0.2, 0.25) is 0 Å². The number of hydrogen-bond donors (Lipinski definition) is 0. The zero-order valence-electron chi connectivity index (χ0n) is 19.5. The summed E-state index contributed by atoms with van der Waals surface area (Å²) >= 11 is 5.41. The Hall–Kier alpha value is -2.82. The Kier molecular flexibility index (Phi) is 7.24. The molecule has 1 fully saturated rings. The smallest absolute Gasteiger partial charge is 0.174 e. The van der Waals surface area contributed by atoms with Gasteiger partial charge in [-0.2, -0.15) is 0 Å².